The van der Waals surface area contributed by atoms with Crippen LogP contribution in [-0.2, 0) is 24.8 Å². The summed E-state index contributed by atoms with van der Waals surface area (Å²) in [5.41, 5.74) is 2.67. The molecule has 0 radical (unpaired) electrons. The number of imidazole rings is 1. The first-order valence-corrected chi connectivity index (χ1v) is 9.61. The standard InChI is InChI=1S/C21H20ClN5O2/c1-26(13-19-24-25-21(29-19)14-6-4-3-5-7-14)20(28)11-10-18-23-16-12-15(22)8-9-17(16)27(18)2/h3-9,12H,10-11,13H2,1-2H3. The topological polar surface area (TPSA) is 77.1 Å². The maximum absolute atomic E-state index is 12.6. The number of amides is 1. The number of rotatable bonds is 6. The summed E-state index contributed by atoms with van der Waals surface area (Å²) in [6, 6.07) is 15.1. The number of carbonyl (C=O) groups is 1. The molecule has 2 aromatic carbocycles. The van der Waals surface area contributed by atoms with Gasteiger partial charge in [0.2, 0.25) is 17.7 Å². The molecular formula is C21H20ClN5O2. The Labute approximate surface area is 172 Å². The lowest BCUT2D eigenvalue weighted by Crippen LogP contribution is -2.26. The summed E-state index contributed by atoms with van der Waals surface area (Å²) in [4.78, 5) is 18.7. The Morgan fingerprint density at radius 2 is 1.97 bits per heavy atom. The highest BCUT2D eigenvalue weighted by Crippen LogP contribution is 2.21. The Balaban J connectivity index is 1.38. The Hall–Kier alpha value is -3.19. The largest absolute Gasteiger partial charge is 0.419 e. The number of hydrogen-bond donors (Lipinski definition) is 0. The molecule has 8 heteroatoms. The van der Waals surface area contributed by atoms with Crippen LogP contribution < -0.4 is 0 Å². The summed E-state index contributed by atoms with van der Waals surface area (Å²) < 4.78 is 7.67. The second-order valence-corrected chi connectivity index (χ2v) is 7.27. The summed E-state index contributed by atoms with van der Waals surface area (Å²) in [6.07, 6.45) is 0.867. The zero-order chi connectivity index (χ0) is 20.4. The zero-order valence-electron chi connectivity index (χ0n) is 16.2. The lowest BCUT2D eigenvalue weighted by atomic mass is 10.2. The fraction of sp³-hybridized carbons (Fsp3) is 0.238. The van der Waals surface area contributed by atoms with Gasteiger partial charge in [0.1, 0.15) is 5.82 Å². The average Bonchev–Trinajstić information content (AvgIpc) is 3.31. The molecule has 2 aromatic heterocycles. The Morgan fingerprint density at radius 1 is 1.17 bits per heavy atom. The molecule has 4 rings (SSSR count). The zero-order valence-corrected chi connectivity index (χ0v) is 16.9. The second-order valence-electron chi connectivity index (χ2n) is 6.84. The van der Waals surface area contributed by atoms with E-state index in [-0.39, 0.29) is 12.5 Å². The quantitative estimate of drug-likeness (QED) is 0.483. The third-order valence-corrected chi connectivity index (χ3v) is 5.02. The van der Waals surface area contributed by atoms with E-state index in [2.05, 4.69) is 15.2 Å². The van der Waals surface area contributed by atoms with Gasteiger partial charge in [-0.15, -0.1) is 10.2 Å². The van der Waals surface area contributed by atoms with Crippen LogP contribution >= 0.6 is 11.6 Å². The van der Waals surface area contributed by atoms with Crippen molar-refractivity contribution in [1.29, 1.82) is 0 Å². The summed E-state index contributed by atoms with van der Waals surface area (Å²) in [5, 5.41) is 8.75. The highest BCUT2D eigenvalue weighted by molar-refractivity contribution is 6.31. The normalized spacial score (nSPS) is 11.1. The van der Waals surface area contributed by atoms with Crippen molar-refractivity contribution >= 4 is 28.5 Å². The van der Waals surface area contributed by atoms with Crippen LogP contribution in [0.25, 0.3) is 22.5 Å². The van der Waals surface area contributed by atoms with E-state index in [1.54, 1.807) is 11.9 Å². The molecule has 0 spiro atoms. The summed E-state index contributed by atoms with van der Waals surface area (Å²) >= 11 is 6.04. The molecular weight excluding hydrogens is 390 g/mol. The minimum atomic E-state index is -0.0189. The number of carbonyl (C=O) groups excluding carboxylic acids is 1. The minimum Gasteiger partial charge on any atom is -0.419 e. The van der Waals surface area contributed by atoms with Crippen molar-refractivity contribution in [3.63, 3.8) is 0 Å². The Bertz CT molecular complexity index is 1150. The number of hydrogen-bond acceptors (Lipinski definition) is 5. The third kappa shape index (κ3) is 4.14. The fourth-order valence-electron chi connectivity index (χ4n) is 3.16. The second kappa shape index (κ2) is 8.05. The van der Waals surface area contributed by atoms with Crippen LogP contribution in [0, 0.1) is 0 Å². The Morgan fingerprint density at radius 3 is 2.76 bits per heavy atom. The number of benzene rings is 2. The number of halogens is 1. The third-order valence-electron chi connectivity index (χ3n) is 4.78. The summed E-state index contributed by atoms with van der Waals surface area (Å²) in [7, 11) is 3.67. The van der Waals surface area contributed by atoms with Gasteiger partial charge >= 0.3 is 0 Å². The Kier molecular flexibility index (Phi) is 5.31. The number of fused-ring (bicyclic) bond motifs is 1. The molecule has 0 saturated heterocycles. The van der Waals surface area contributed by atoms with Gasteiger partial charge in [-0.3, -0.25) is 4.79 Å². The summed E-state index contributed by atoms with van der Waals surface area (Å²) in [6.45, 7) is 0.261. The van der Waals surface area contributed by atoms with Gasteiger partial charge < -0.3 is 13.9 Å². The first-order valence-electron chi connectivity index (χ1n) is 9.24. The van der Waals surface area contributed by atoms with Crippen molar-refractivity contribution in [2.24, 2.45) is 7.05 Å². The molecule has 0 fully saturated rings. The monoisotopic (exact) mass is 409 g/mol. The van der Waals surface area contributed by atoms with E-state index in [0.717, 1.165) is 22.4 Å². The molecule has 0 unspecified atom stereocenters. The van der Waals surface area contributed by atoms with Crippen LogP contribution in [0.2, 0.25) is 5.02 Å². The predicted molar refractivity (Wildman–Crippen MR) is 110 cm³/mol. The molecule has 0 bridgehead atoms. The lowest BCUT2D eigenvalue weighted by molar-refractivity contribution is -0.130. The first kappa shape index (κ1) is 19.1. The summed E-state index contributed by atoms with van der Waals surface area (Å²) in [5.74, 6) is 1.67. The van der Waals surface area contributed by atoms with Crippen LogP contribution in [0.1, 0.15) is 18.1 Å². The van der Waals surface area contributed by atoms with Crippen molar-refractivity contribution in [1.82, 2.24) is 24.6 Å². The first-order chi connectivity index (χ1) is 14.0. The van der Waals surface area contributed by atoms with Crippen molar-refractivity contribution in [2.75, 3.05) is 7.05 Å². The van der Waals surface area contributed by atoms with E-state index >= 15 is 0 Å². The van der Waals surface area contributed by atoms with Crippen molar-refractivity contribution in [2.45, 2.75) is 19.4 Å². The molecule has 2 heterocycles. The highest BCUT2D eigenvalue weighted by atomic mass is 35.5. The molecule has 7 nitrogen and oxygen atoms in total. The van der Waals surface area contributed by atoms with Crippen LogP contribution in [0.3, 0.4) is 0 Å². The molecule has 0 N–H and O–H groups in total. The maximum Gasteiger partial charge on any atom is 0.247 e. The van der Waals surface area contributed by atoms with Crippen LogP contribution in [0.15, 0.2) is 52.9 Å². The van der Waals surface area contributed by atoms with Gasteiger partial charge in [-0.05, 0) is 30.3 Å². The van der Waals surface area contributed by atoms with E-state index in [1.807, 2.05) is 60.1 Å². The molecule has 0 aliphatic carbocycles. The van der Waals surface area contributed by atoms with Crippen molar-refractivity contribution < 1.29 is 9.21 Å². The van der Waals surface area contributed by atoms with Gasteiger partial charge in [0.25, 0.3) is 0 Å². The van der Waals surface area contributed by atoms with E-state index in [4.69, 9.17) is 16.0 Å². The molecule has 1 amide bonds. The predicted octanol–water partition coefficient (Wildman–Crippen LogP) is 3.87. The van der Waals surface area contributed by atoms with Crippen molar-refractivity contribution in [3.8, 4) is 11.5 Å². The van der Waals surface area contributed by atoms with Crippen molar-refractivity contribution in [3.05, 3.63) is 65.3 Å². The molecule has 29 heavy (non-hydrogen) atoms. The maximum atomic E-state index is 12.6. The molecule has 0 atom stereocenters. The molecule has 148 valence electrons. The SMILES string of the molecule is CN(Cc1nnc(-c2ccccc2)o1)C(=O)CCc1nc2cc(Cl)ccc2n1C. The number of aryl methyl sites for hydroxylation is 2. The van der Waals surface area contributed by atoms with Gasteiger partial charge in [0.05, 0.1) is 17.6 Å². The van der Waals surface area contributed by atoms with E-state index in [9.17, 15) is 4.79 Å². The number of aromatic nitrogens is 4. The van der Waals surface area contributed by atoms with Crippen LogP contribution in [-0.4, -0.2) is 37.6 Å². The number of nitrogens with zero attached hydrogens (tertiary/aromatic N) is 5. The van der Waals surface area contributed by atoms with Gasteiger partial charge in [-0.25, -0.2) is 4.98 Å². The molecule has 0 aliphatic rings. The van der Waals surface area contributed by atoms with E-state index in [0.29, 0.717) is 29.6 Å². The van der Waals surface area contributed by atoms with E-state index < -0.39 is 0 Å². The molecule has 0 saturated carbocycles. The average molecular weight is 410 g/mol. The highest BCUT2D eigenvalue weighted by Gasteiger charge is 2.16. The van der Waals surface area contributed by atoms with Crippen LogP contribution in [0.5, 0.6) is 0 Å². The minimum absolute atomic E-state index is 0.0189. The molecule has 4 aromatic rings. The van der Waals surface area contributed by atoms with Gasteiger partial charge in [0, 0.05) is 37.5 Å². The van der Waals surface area contributed by atoms with Gasteiger partial charge in [0.15, 0.2) is 0 Å². The molecule has 0 aliphatic heterocycles. The fourth-order valence-corrected chi connectivity index (χ4v) is 3.33. The van der Waals surface area contributed by atoms with Crippen LogP contribution in [0.4, 0.5) is 0 Å². The smallest absolute Gasteiger partial charge is 0.247 e. The van der Waals surface area contributed by atoms with Gasteiger partial charge in [-0.1, -0.05) is 29.8 Å². The van der Waals surface area contributed by atoms with E-state index in [1.165, 1.54) is 0 Å². The lowest BCUT2D eigenvalue weighted by Gasteiger charge is -2.14. The van der Waals surface area contributed by atoms with Gasteiger partial charge in [-0.2, -0.15) is 0 Å².